The summed E-state index contributed by atoms with van der Waals surface area (Å²) < 4.78 is 5.69. The summed E-state index contributed by atoms with van der Waals surface area (Å²) in [6, 6.07) is 6.75. The molecule has 110 valence electrons. The Morgan fingerprint density at radius 3 is 2.75 bits per heavy atom. The zero-order valence-electron chi connectivity index (χ0n) is 12.3. The van der Waals surface area contributed by atoms with E-state index in [1.807, 2.05) is 19.9 Å². The predicted molar refractivity (Wildman–Crippen MR) is 76.4 cm³/mol. The summed E-state index contributed by atoms with van der Waals surface area (Å²) in [7, 11) is 0. The van der Waals surface area contributed by atoms with Crippen molar-refractivity contribution in [3.05, 3.63) is 29.8 Å². The van der Waals surface area contributed by atoms with Crippen molar-refractivity contribution < 1.29 is 20.0 Å². The molecule has 4 heteroatoms. The molecule has 1 aromatic carbocycles. The summed E-state index contributed by atoms with van der Waals surface area (Å²) in [5.41, 5.74) is 0.366. The van der Waals surface area contributed by atoms with Crippen molar-refractivity contribution in [2.45, 2.75) is 38.7 Å². The molecule has 1 heterocycles. The van der Waals surface area contributed by atoms with Crippen molar-refractivity contribution in [2.75, 3.05) is 13.1 Å². The number of esters is 1. The largest absolute Gasteiger partial charge is 0.508 e. The number of carbonyl (C=O) groups is 1. The second-order valence-electron chi connectivity index (χ2n) is 6.06. The molecule has 4 nitrogen and oxygen atoms in total. The van der Waals surface area contributed by atoms with Crippen LogP contribution in [0.25, 0.3) is 0 Å². The molecule has 0 saturated carbocycles. The Bertz CT molecular complexity index is 465. The molecule has 0 bridgehead atoms. The van der Waals surface area contributed by atoms with Gasteiger partial charge in [-0.2, -0.15) is 0 Å². The zero-order valence-corrected chi connectivity index (χ0v) is 12.3. The minimum atomic E-state index is -0.415. The van der Waals surface area contributed by atoms with E-state index in [1.54, 1.807) is 18.2 Å². The van der Waals surface area contributed by atoms with Crippen LogP contribution in [0.3, 0.4) is 0 Å². The van der Waals surface area contributed by atoms with E-state index in [1.165, 1.54) is 0 Å². The Balaban J connectivity index is 1.92. The summed E-state index contributed by atoms with van der Waals surface area (Å²) in [6.07, 6.45) is 2.38. The SMILES string of the molecule is CC(C)(OC(=O)Cc1cccc(O)c1)C1CC[NH2+]CC1. The number of ether oxygens (including phenoxy) is 1. The third-order valence-electron chi connectivity index (χ3n) is 4.06. The van der Waals surface area contributed by atoms with Crippen LogP contribution >= 0.6 is 0 Å². The third-order valence-corrected chi connectivity index (χ3v) is 4.06. The number of phenols is 1. The summed E-state index contributed by atoms with van der Waals surface area (Å²) >= 11 is 0. The first-order valence-corrected chi connectivity index (χ1v) is 7.29. The highest BCUT2D eigenvalue weighted by molar-refractivity contribution is 5.73. The summed E-state index contributed by atoms with van der Waals surface area (Å²) in [5, 5.41) is 11.7. The smallest absolute Gasteiger partial charge is 0.310 e. The van der Waals surface area contributed by atoms with Crippen LogP contribution in [0.1, 0.15) is 32.3 Å². The van der Waals surface area contributed by atoms with Crippen molar-refractivity contribution in [3.8, 4) is 5.75 Å². The van der Waals surface area contributed by atoms with Gasteiger partial charge in [0.05, 0.1) is 19.5 Å². The highest BCUT2D eigenvalue weighted by atomic mass is 16.6. The average Bonchev–Trinajstić information content (AvgIpc) is 2.39. The summed E-state index contributed by atoms with van der Waals surface area (Å²) in [6.45, 7) is 6.23. The van der Waals surface area contributed by atoms with Crippen molar-refractivity contribution in [1.82, 2.24) is 0 Å². The fourth-order valence-corrected chi connectivity index (χ4v) is 2.87. The molecule has 0 amide bonds. The highest BCUT2D eigenvalue weighted by Gasteiger charge is 2.35. The van der Waals surface area contributed by atoms with E-state index in [-0.39, 0.29) is 18.1 Å². The Labute approximate surface area is 120 Å². The van der Waals surface area contributed by atoms with Crippen molar-refractivity contribution >= 4 is 5.97 Å². The fraction of sp³-hybridized carbons (Fsp3) is 0.562. The van der Waals surface area contributed by atoms with Crippen molar-refractivity contribution in [3.63, 3.8) is 0 Å². The number of benzene rings is 1. The van der Waals surface area contributed by atoms with E-state index in [0.29, 0.717) is 5.92 Å². The second kappa shape index (κ2) is 6.27. The second-order valence-corrected chi connectivity index (χ2v) is 6.06. The zero-order chi connectivity index (χ0) is 14.6. The molecule has 1 fully saturated rings. The van der Waals surface area contributed by atoms with Gasteiger partial charge in [0.1, 0.15) is 11.4 Å². The first kappa shape index (κ1) is 14.9. The van der Waals surface area contributed by atoms with Gasteiger partial charge in [-0.1, -0.05) is 12.1 Å². The number of nitrogens with two attached hydrogens (primary N) is 1. The number of carbonyl (C=O) groups excluding carboxylic acids is 1. The number of piperidine rings is 1. The highest BCUT2D eigenvalue weighted by Crippen LogP contribution is 2.28. The number of quaternary nitrogens is 1. The lowest BCUT2D eigenvalue weighted by Crippen LogP contribution is -2.86. The van der Waals surface area contributed by atoms with E-state index in [9.17, 15) is 9.90 Å². The molecule has 20 heavy (non-hydrogen) atoms. The number of aromatic hydroxyl groups is 1. The van der Waals surface area contributed by atoms with E-state index in [2.05, 4.69) is 5.32 Å². The van der Waals surface area contributed by atoms with E-state index in [0.717, 1.165) is 31.5 Å². The Morgan fingerprint density at radius 2 is 2.10 bits per heavy atom. The van der Waals surface area contributed by atoms with Crippen LogP contribution in [0.4, 0.5) is 0 Å². The molecule has 2 rings (SSSR count). The molecular weight excluding hydrogens is 254 g/mol. The average molecular weight is 278 g/mol. The van der Waals surface area contributed by atoms with Gasteiger partial charge in [-0.25, -0.2) is 0 Å². The molecule has 1 saturated heterocycles. The van der Waals surface area contributed by atoms with Crippen molar-refractivity contribution in [2.24, 2.45) is 5.92 Å². The molecule has 0 aliphatic carbocycles. The van der Waals surface area contributed by atoms with Crippen molar-refractivity contribution in [1.29, 1.82) is 0 Å². The number of hydrogen-bond acceptors (Lipinski definition) is 3. The maximum atomic E-state index is 12.1. The molecule has 1 aliphatic rings. The first-order valence-electron chi connectivity index (χ1n) is 7.29. The van der Waals surface area contributed by atoms with Crippen LogP contribution in [0, 0.1) is 5.92 Å². The van der Waals surface area contributed by atoms with Crippen LogP contribution < -0.4 is 5.32 Å². The van der Waals surface area contributed by atoms with Gasteiger partial charge in [-0.15, -0.1) is 0 Å². The molecular formula is C16H24NO3+. The molecule has 0 spiro atoms. The molecule has 0 unspecified atom stereocenters. The summed E-state index contributed by atoms with van der Waals surface area (Å²) in [5.74, 6) is 0.383. The molecule has 0 radical (unpaired) electrons. The lowest BCUT2D eigenvalue weighted by Gasteiger charge is -2.35. The van der Waals surface area contributed by atoms with Gasteiger partial charge in [0.2, 0.25) is 0 Å². The minimum Gasteiger partial charge on any atom is -0.508 e. The van der Waals surface area contributed by atoms with Crippen LogP contribution in [-0.4, -0.2) is 29.8 Å². The monoisotopic (exact) mass is 278 g/mol. The lowest BCUT2D eigenvalue weighted by atomic mass is 9.83. The van der Waals surface area contributed by atoms with Crippen LogP contribution in [-0.2, 0) is 16.0 Å². The third kappa shape index (κ3) is 3.97. The molecule has 0 atom stereocenters. The normalized spacial score (nSPS) is 16.9. The standard InChI is InChI=1S/C16H23NO3/c1-16(2,13-6-8-17-9-7-13)20-15(19)11-12-4-3-5-14(18)10-12/h3-5,10,13,17-18H,6-9,11H2,1-2H3/p+1. The van der Waals surface area contributed by atoms with Gasteiger partial charge in [-0.05, 0) is 31.5 Å². The van der Waals surface area contributed by atoms with E-state index < -0.39 is 5.60 Å². The van der Waals surface area contributed by atoms with Gasteiger partial charge in [0, 0.05) is 18.8 Å². The lowest BCUT2D eigenvalue weighted by molar-refractivity contribution is -0.665. The maximum absolute atomic E-state index is 12.1. The van der Waals surface area contributed by atoms with Gasteiger partial charge in [0.25, 0.3) is 0 Å². The molecule has 3 N–H and O–H groups in total. The first-order chi connectivity index (χ1) is 9.47. The van der Waals surface area contributed by atoms with Gasteiger partial charge in [0.15, 0.2) is 0 Å². The van der Waals surface area contributed by atoms with Crippen LogP contribution in [0.2, 0.25) is 0 Å². The Morgan fingerprint density at radius 1 is 1.40 bits per heavy atom. The van der Waals surface area contributed by atoms with Gasteiger partial charge >= 0.3 is 5.97 Å². The Hall–Kier alpha value is -1.55. The van der Waals surface area contributed by atoms with Gasteiger partial charge in [-0.3, -0.25) is 4.79 Å². The molecule has 0 aromatic heterocycles. The molecule has 1 aromatic rings. The van der Waals surface area contributed by atoms with Gasteiger partial charge < -0.3 is 15.2 Å². The number of hydrogen-bond donors (Lipinski definition) is 2. The fourth-order valence-electron chi connectivity index (χ4n) is 2.87. The maximum Gasteiger partial charge on any atom is 0.310 e. The van der Waals surface area contributed by atoms with Crippen LogP contribution in [0.5, 0.6) is 5.75 Å². The Kier molecular flexibility index (Phi) is 4.65. The predicted octanol–water partition coefficient (Wildman–Crippen LogP) is 1.23. The minimum absolute atomic E-state index is 0.178. The quantitative estimate of drug-likeness (QED) is 0.814. The molecule has 1 aliphatic heterocycles. The topological polar surface area (TPSA) is 63.1 Å². The summed E-state index contributed by atoms with van der Waals surface area (Å²) in [4.78, 5) is 12.1. The number of phenolic OH excluding ortho intramolecular Hbond substituents is 1. The van der Waals surface area contributed by atoms with E-state index in [4.69, 9.17) is 4.74 Å². The van der Waals surface area contributed by atoms with Crippen LogP contribution in [0.15, 0.2) is 24.3 Å². The number of rotatable bonds is 4. The van der Waals surface area contributed by atoms with E-state index >= 15 is 0 Å².